The molecule has 0 aromatic carbocycles. The second kappa shape index (κ2) is 5.98. The van der Waals surface area contributed by atoms with Crippen LogP contribution >= 0.6 is 11.6 Å². The molecule has 0 unspecified atom stereocenters. The van der Waals surface area contributed by atoms with E-state index < -0.39 is 0 Å². The van der Waals surface area contributed by atoms with E-state index in [2.05, 4.69) is 25.4 Å². The third-order valence-corrected chi connectivity index (χ3v) is 1.93. The lowest BCUT2D eigenvalue weighted by Crippen LogP contribution is -2.06. The molecule has 13 heavy (non-hydrogen) atoms. The zero-order valence-corrected chi connectivity index (χ0v) is 9.43. The van der Waals surface area contributed by atoms with Crippen LogP contribution in [0.5, 0.6) is 0 Å². The minimum atomic E-state index is 0.142. The summed E-state index contributed by atoms with van der Waals surface area (Å²) in [6.07, 6.45) is 6.68. The van der Waals surface area contributed by atoms with Gasteiger partial charge in [-0.3, -0.25) is 4.99 Å². The van der Waals surface area contributed by atoms with Crippen molar-refractivity contribution < 1.29 is 0 Å². The van der Waals surface area contributed by atoms with Gasteiger partial charge in [0.1, 0.15) is 0 Å². The van der Waals surface area contributed by atoms with E-state index in [0.29, 0.717) is 6.54 Å². The number of hydrogen-bond acceptors (Lipinski definition) is 1. The van der Waals surface area contributed by atoms with Gasteiger partial charge in [-0.15, -0.1) is 6.58 Å². The van der Waals surface area contributed by atoms with Crippen molar-refractivity contribution in [3.8, 4) is 0 Å². The first-order valence-corrected chi connectivity index (χ1v) is 4.80. The Morgan fingerprint density at radius 2 is 2.15 bits per heavy atom. The molecule has 0 saturated carbocycles. The molecule has 0 amide bonds. The predicted octanol–water partition coefficient (Wildman–Crippen LogP) is 3.80. The van der Waals surface area contributed by atoms with E-state index in [1.165, 1.54) is 0 Å². The third-order valence-electron chi connectivity index (χ3n) is 1.78. The van der Waals surface area contributed by atoms with Gasteiger partial charge in [0.25, 0.3) is 0 Å². The second-order valence-electron chi connectivity index (χ2n) is 3.74. The normalized spacial score (nSPS) is 13.7. The summed E-state index contributed by atoms with van der Waals surface area (Å²) in [4.78, 5) is 4.21. The summed E-state index contributed by atoms with van der Waals surface area (Å²) >= 11 is 5.64. The highest BCUT2D eigenvalue weighted by Crippen LogP contribution is 2.19. The minimum absolute atomic E-state index is 0.142. The Bertz CT molecular complexity index is 210. The fraction of sp³-hybridized carbons (Fsp3) is 0.545. The molecule has 74 valence electrons. The first-order chi connectivity index (χ1) is 5.98. The lowest BCUT2D eigenvalue weighted by molar-refractivity contribution is 0.509. The molecule has 0 saturated heterocycles. The summed E-state index contributed by atoms with van der Waals surface area (Å²) in [6, 6.07) is 0. The van der Waals surface area contributed by atoms with Gasteiger partial charge in [0, 0.05) is 5.03 Å². The maximum atomic E-state index is 5.64. The highest BCUT2D eigenvalue weighted by Gasteiger charge is 2.09. The quantitative estimate of drug-likeness (QED) is 0.472. The van der Waals surface area contributed by atoms with Crippen molar-refractivity contribution in [2.45, 2.75) is 27.2 Å². The Labute approximate surface area is 86.2 Å². The summed E-state index contributed by atoms with van der Waals surface area (Å²) in [5, 5.41) is 0.792. The van der Waals surface area contributed by atoms with Crippen molar-refractivity contribution in [3.05, 3.63) is 23.8 Å². The number of allylic oxidation sites excluding steroid dienone is 2. The lowest BCUT2D eigenvalue weighted by Gasteiger charge is -2.15. The van der Waals surface area contributed by atoms with Crippen LogP contribution in [-0.4, -0.2) is 12.8 Å². The molecule has 0 atom stereocenters. The van der Waals surface area contributed by atoms with Crippen LogP contribution < -0.4 is 0 Å². The van der Waals surface area contributed by atoms with Crippen molar-refractivity contribution in [1.29, 1.82) is 0 Å². The van der Waals surface area contributed by atoms with Crippen LogP contribution in [0.25, 0.3) is 0 Å². The largest absolute Gasteiger partial charge is 0.293 e. The molecule has 0 heterocycles. The van der Waals surface area contributed by atoms with E-state index in [4.69, 9.17) is 11.6 Å². The summed E-state index contributed by atoms with van der Waals surface area (Å²) in [5.74, 6) is 0. The van der Waals surface area contributed by atoms with Crippen molar-refractivity contribution >= 4 is 17.8 Å². The van der Waals surface area contributed by atoms with Crippen LogP contribution in [0.3, 0.4) is 0 Å². The fourth-order valence-corrected chi connectivity index (χ4v) is 0.705. The number of rotatable bonds is 5. The van der Waals surface area contributed by atoms with Crippen LogP contribution in [0.4, 0.5) is 0 Å². The molecule has 0 aromatic rings. The van der Waals surface area contributed by atoms with Crippen LogP contribution in [0.1, 0.15) is 27.2 Å². The number of nitrogens with zero attached hydrogens (tertiary/aromatic N) is 1. The Kier molecular flexibility index (Phi) is 5.72. The molecule has 0 radical (unpaired) electrons. The van der Waals surface area contributed by atoms with Gasteiger partial charge in [0.05, 0.1) is 6.54 Å². The summed E-state index contributed by atoms with van der Waals surface area (Å²) in [7, 11) is 0. The van der Waals surface area contributed by atoms with E-state index in [0.717, 1.165) is 11.5 Å². The molecule has 0 aromatic heterocycles. The van der Waals surface area contributed by atoms with E-state index in [-0.39, 0.29) is 5.41 Å². The molecule has 0 aliphatic carbocycles. The molecule has 0 rings (SSSR count). The lowest BCUT2D eigenvalue weighted by atomic mass is 9.90. The molecule has 0 bridgehead atoms. The maximum Gasteiger partial charge on any atom is 0.0580 e. The number of halogens is 1. The topological polar surface area (TPSA) is 12.4 Å². The van der Waals surface area contributed by atoms with Gasteiger partial charge in [-0.25, -0.2) is 0 Å². The number of aliphatic imine (C=N–C) groups is 1. The zero-order chi connectivity index (χ0) is 10.3. The SMILES string of the molecule is C=CC(C)(C)CC=NCC=C(C)Cl. The van der Waals surface area contributed by atoms with Crippen LogP contribution in [0.2, 0.25) is 0 Å². The highest BCUT2D eigenvalue weighted by molar-refractivity contribution is 6.29. The minimum Gasteiger partial charge on any atom is -0.293 e. The Balaban J connectivity index is 3.76. The first kappa shape index (κ1) is 12.4. The average molecular weight is 200 g/mol. The Morgan fingerprint density at radius 3 is 2.62 bits per heavy atom. The monoisotopic (exact) mass is 199 g/mol. The van der Waals surface area contributed by atoms with Gasteiger partial charge in [0.15, 0.2) is 0 Å². The van der Waals surface area contributed by atoms with Gasteiger partial charge >= 0.3 is 0 Å². The Hall–Kier alpha value is -0.560. The van der Waals surface area contributed by atoms with Crippen LogP contribution in [-0.2, 0) is 0 Å². The first-order valence-electron chi connectivity index (χ1n) is 4.42. The van der Waals surface area contributed by atoms with E-state index >= 15 is 0 Å². The van der Waals surface area contributed by atoms with Crippen molar-refractivity contribution in [3.63, 3.8) is 0 Å². The van der Waals surface area contributed by atoms with E-state index in [9.17, 15) is 0 Å². The molecule has 2 heteroatoms. The maximum absolute atomic E-state index is 5.64. The predicted molar refractivity (Wildman–Crippen MR) is 61.6 cm³/mol. The molecular weight excluding hydrogens is 182 g/mol. The average Bonchev–Trinajstić information content (AvgIpc) is 2.03. The molecule has 0 fully saturated rings. The molecule has 0 aliphatic heterocycles. The van der Waals surface area contributed by atoms with Gasteiger partial charge in [-0.1, -0.05) is 31.5 Å². The molecular formula is C11H18ClN. The molecule has 0 aliphatic rings. The molecule has 0 spiro atoms. The smallest absolute Gasteiger partial charge is 0.0580 e. The van der Waals surface area contributed by atoms with Gasteiger partial charge in [-0.05, 0) is 31.1 Å². The standard InChI is InChI=1S/C11H18ClN/c1-5-11(3,4)7-9-13-8-6-10(2)12/h5-6,9H,1,7-8H2,2-4H3. The zero-order valence-electron chi connectivity index (χ0n) is 8.68. The molecule has 1 nitrogen and oxygen atoms in total. The van der Waals surface area contributed by atoms with Gasteiger partial charge in [0.2, 0.25) is 0 Å². The fourth-order valence-electron chi connectivity index (χ4n) is 0.636. The summed E-state index contributed by atoms with van der Waals surface area (Å²) in [5.41, 5.74) is 0.142. The van der Waals surface area contributed by atoms with E-state index in [1.807, 2.05) is 25.3 Å². The van der Waals surface area contributed by atoms with Crippen LogP contribution in [0.15, 0.2) is 28.8 Å². The molecule has 0 N–H and O–H groups in total. The Morgan fingerprint density at radius 1 is 1.54 bits per heavy atom. The van der Waals surface area contributed by atoms with E-state index in [1.54, 1.807) is 0 Å². The van der Waals surface area contributed by atoms with Crippen molar-refractivity contribution in [2.24, 2.45) is 10.4 Å². The second-order valence-corrected chi connectivity index (χ2v) is 4.33. The van der Waals surface area contributed by atoms with Crippen molar-refractivity contribution in [2.75, 3.05) is 6.54 Å². The van der Waals surface area contributed by atoms with Gasteiger partial charge in [-0.2, -0.15) is 0 Å². The van der Waals surface area contributed by atoms with Crippen LogP contribution in [0, 0.1) is 5.41 Å². The van der Waals surface area contributed by atoms with Crippen molar-refractivity contribution in [1.82, 2.24) is 0 Å². The highest BCUT2D eigenvalue weighted by atomic mass is 35.5. The number of hydrogen-bond donors (Lipinski definition) is 0. The summed E-state index contributed by atoms with van der Waals surface area (Å²) < 4.78 is 0. The van der Waals surface area contributed by atoms with Gasteiger partial charge < -0.3 is 0 Å². The summed E-state index contributed by atoms with van der Waals surface area (Å²) in [6.45, 7) is 10.6. The third kappa shape index (κ3) is 7.79.